The predicted octanol–water partition coefficient (Wildman–Crippen LogP) is 0.819. The maximum atomic E-state index is 13.5. The Balaban J connectivity index is 2.38. The lowest BCUT2D eigenvalue weighted by atomic mass is 10.1. The van der Waals surface area contributed by atoms with Gasteiger partial charge in [-0.05, 0) is 23.8 Å². The van der Waals surface area contributed by atoms with Gasteiger partial charge in [0, 0.05) is 17.3 Å². The van der Waals surface area contributed by atoms with E-state index in [2.05, 4.69) is 5.32 Å². The molecule has 5 heteroatoms. The largest absolute Gasteiger partial charge is 0.366 e. The first kappa shape index (κ1) is 10.4. The normalized spacial score (nSPS) is 13.9. The monoisotopic (exact) mass is 220 g/mol. The molecule has 0 aromatic heterocycles. The van der Waals surface area contributed by atoms with E-state index in [1.54, 1.807) is 6.07 Å². The highest BCUT2D eigenvalue weighted by Gasteiger charge is 2.21. The van der Waals surface area contributed by atoms with Crippen LogP contribution in [-0.4, -0.2) is 11.8 Å². The van der Waals surface area contributed by atoms with Crippen LogP contribution < -0.4 is 11.1 Å². The highest BCUT2D eigenvalue weighted by atomic mass is 19.1. The molecular weight excluding hydrogens is 211 g/mol. The SMILES string of the molecule is NC(=O)C=Cc1cc(F)c2c(c1)NC(=O)C2. The molecule has 0 aliphatic carbocycles. The molecular formula is C11H9FN2O2. The van der Waals surface area contributed by atoms with Gasteiger partial charge in [0.1, 0.15) is 5.82 Å². The Labute approximate surface area is 90.9 Å². The number of benzene rings is 1. The molecule has 0 bridgehead atoms. The number of nitrogens with one attached hydrogen (secondary N) is 1. The molecule has 3 N–H and O–H groups in total. The second-order valence-corrected chi connectivity index (χ2v) is 3.49. The summed E-state index contributed by atoms with van der Waals surface area (Å²) in [4.78, 5) is 21.6. The van der Waals surface area contributed by atoms with Crippen molar-refractivity contribution in [3.63, 3.8) is 0 Å². The first-order chi connectivity index (χ1) is 7.56. The van der Waals surface area contributed by atoms with Gasteiger partial charge in [0.2, 0.25) is 11.8 Å². The van der Waals surface area contributed by atoms with E-state index in [4.69, 9.17) is 5.73 Å². The van der Waals surface area contributed by atoms with Crippen LogP contribution in [0.3, 0.4) is 0 Å². The number of nitrogens with two attached hydrogens (primary N) is 1. The summed E-state index contributed by atoms with van der Waals surface area (Å²) in [6.07, 6.45) is 2.59. The Bertz CT molecular complexity index is 509. The van der Waals surface area contributed by atoms with Gasteiger partial charge in [0.15, 0.2) is 0 Å². The van der Waals surface area contributed by atoms with Crippen LogP contribution >= 0.6 is 0 Å². The molecule has 1 aliphatic rings. The van der Waals surface area contributed by atoms with E-state index >= 15 is 0 Å². The molecule has 0 saturated carbocycles. The lowest BCUT2D eigenvalue weighted by Crippen LogP contribution is -2.05. The molecule has 1 aromatic rings. The van der Waals surface area contributed by atoms with Crippen molar-refractivity contribution >= 4 is 23.6 Å². The molecule has 0 radical (unpaired) electrons. The van der Waals surface area contributed by atoms with Gasteiger partial charge in [-0.25, -0.2) is 4.39 Å². The zero-order chi connectivity index (χ0) is 11.7. The maximum Gasteiger partial charge on any atom is 0.241 e. The van der Waals surface area contributed by atoms with E-state index in [-0.39, 0.29) is 12.3 Å². The zero-order valence-corrected chi connectivity index (χ0v) is 8.29. The van der Waals surface area contributed by atoms with Crippen molar-refractivity contribution in [1.82, 2.24) is 0 Å². The minimum Gasteiger partial charge on any atom is -0.366 e. The van der Waals surface area contributed by atoms with Crippen LogP contribution in [0.4, 0.5) is 10.1 Å². The number of amides is 2. The summed E-state index contributed by atoms with van der Waals surface area (Å²) in [5, 5.41) is 2.54. The highest BCUT2D eigenvalue weighted by Crippen LogP contribution is 2.27. The lowest BCUT2D eigenvalue weighted by molar-refractivity contribution is -0.115. The van der Waals surface area contributed by atoms with Gasteiger partial charge in [0.05, 0.1) is 6.42 Å². The fourth-order valence-corrected chi connectivity index (χ4v) is 1.58. The van der Waals surface area contributed by atoms with Crippen LogP contribution in [0.25, 0.3) is 6.08 Å². The number of carbonyl (C=O) groups is 2. The molecule has 82 valence electrons. The number of rotatable bonds is 2. The third-order valence-electron chi connectivity index (χ3n) is 2.27. The smallest absolute Gasteiger partial charge is 0.241 e. The summed E-state index contributed by atoms with van der Waals surface area (Å²) in [6, 6.07) is 2.86. The van der Waals surface area contributed by atoms with Crippen LogP contribution in [0, 0.1) is 5.82 Å². The summed E-state index contributed by atoms with van der Waals surface area (Å²) < 4.78 is 13.5. The molecule has 0 fully saturated rings. The number of primary amides is 1. The fourth-order valence-electron chi connectivity index (χ4n) is 1.58. The summed E-state index contributed by atoms with van der Waals surface area (Å²) in [5.74, 6) is -1.30. The van der Waals surface area contributed by atoms with Gasteiger partial charge in [-0.2, -0.15) is 0 Å². The van der Waals surface area contributed by atoms with Crippen LogP contribution in [0.15, 0.2) is 18.2 Å². The van der Waals surface area contributed by atoms with Gasteiger partial charge < -0.3 is 11.1 Å². The van der Waals surface area contributed by atoms with Gasteiger partial charge in [0.25, 0.3) is 0 Å². The molecule has 0 spiro atoms. The summed E-state index contributed by atoms with van der Waals surface area (Å²) in [7, 11) is 0. The number of fused-ring (bicyclic) bond motifs is 1. The van der Waals surface area contributed by atoms with Crippen molar-refractivity contribution in [2.45, 2.75) is 6.42 Å². The Morgan fingerprint density at radius 3 is 2.94 bits per heavy atom. The minimum atomic E-state index is -0.607. The van der Waals surface area contributed by atoms with E-state index in [1.807, 2.05) is 0 Å². The van der Waals surface area contributed by atoms with Gasteiger partial charge in [-0.15, -0.1) is 0 Å². The van der Waals surface area contributed by atoms with Crippen molar-refractivity contribution in [2.24, 2.45) is 5.73 Å². The Kier molecular flexibility index (Phi) is 2.44. The lowest BCUT2D eigenvalue weighted by Gasteiger charge is -2.01. The molecule has 0 saturated heterocycles. The van der Waals surface area contributed by atoms with Gasteiger partial charge in [-0.3, -0.25) is 9.59 Å². The zero-order valence-electron chi connectivity index (χ0n) is 8.29. The second-order valence-electron chi connectivity index (χ2n) is 3.49. The van der Waals surface area contributed by atoms with E-state index < -0.39 is 11.7 Å². The van der Waals surface area contributed by atoms with Crippen molar-refractivity contribution in [2.75, 3.05) is 5.32 Å². The fraction of sp³-hybridized carbons (Fsp3) is 0.0909. The number of hydrogen-bond donors (Lipinski definition) is 2. The number of hydrogen-bond acceptors (Lipinski definition) is 2. The highest BCUT2D eigenvalue weighted by molar-refractivity contribution is 5.99. The van der Waals surface area contributed by atoms with E-state index in [9.17, 15) is 14.0 Å². The number of anilines is 1. The summed E-state index contributed by atoms with van der Waals surface area (Å²) in [5.41, 5.74) is 6.22. The predicted molar refractivity (Wildman–Crippen MR) is 57.0 cm³/mol. The molecule has 1 aromatic carbocycles. The average Bonchev–Trinajstić information content (AvgIpc) is 2.56. The quantitative estimate of drug-likeness (QED) is 0.724. The molecule has 0 atom stereocenters. The Morgan fingerprint density at radius 2 is 2.25 bits per heavy atom. The van der Waals surface area contributed by atoms with E-state index in [0.717, 1.165) is 6.08 Å². The van der Waals surface area contributed by atoms with Crippen LogP contribution in [0.2, 0.25) is 0 Å². The first-order valence-electron chi connectivity index (χ1n) is 4.66. The summed E-state index contributed by atoms with van der Waals surface area (Å²) in [6.45, 7) is 0. The van der Waals surface area contributed by atoms with Crippen LogP contribution in [-0.2, 0) is 16.0 Å². The van der Waals surface area contributed by atoms with E-state index in [0.29, 0.717) is 16.8 Å². The number of halogens is 1. The maximum absolute atomic E-state index is 13.5. The second kappa shape index (κ2) is 3.77. The van der Waals surface area contributed by atoms with E-state index in [1.165, 1.54) is 12.1 Å². The van der Waals surface area contributed by atoms with Crippen LogP contribution in [0.5, 0.6) is 0 Å². The standard InChI is InChI=1S/C11H9FN2O2/c12-8-3-6(1-2-10(13)15)4-9-7(8)5-11(16)14-9/h1-4H,5H2,(H2,13,15)(H,14,16). The van der Waals surface area contributed by atoms with Crippen molar-refractivity contribution in [3.8, 4) is 0 Å². The molecule has 1 aliphatic heterocycles. The molecule has 4 nitrogen and oxygen atoms in total. The number of carbonyl (C=O) groups excluding carboxylic acids is 2. The molecule has 2 amide bonds. The summed E-state index contributed by atoms with van der Waals surface area (Å²) >= 11 is 0. The minimum absolute atomic E-state index is 0.0565. The molecule has 0 unspecified atom stereocenters. The van der Waals surface area contributed by atoms with Crippen molar-refractivity contribution in [1.29, 1.82) is 0 Å². The first-order valence-corrected chi connectivity index (χ1v) is 4.66. The van der Waals surface area contributed by atoms with Crippen LogP contribution in [0.1, 0.15) is 11.1 Å². The van der Waals surface area contributed by atoms with Gasteiger partial charge >= 0.3 is 0 Å². The molecule has 1 heterocycles. The molecule has 16 heavy (non-hydrogen) atoms. The Morgan fingerprint density at radius 1 is 1.50 bits per heavy atom. The van der Waals surface area contributed by atoms with Crippen molar-refractivity contribution in [3.05, 3.63) is 35.2 Å². The van der Waals surface area contributed by atoms with Gasteiger partial charge in [-0.1, -0.05) is 0 Å². The third kappa shape index (κ3) is 1.93. The van der Waals surface area contributed by atoms with Crippen molar-refractivity contribution < 1.29 is 14.0 Å². The topological polar surface area (TPSA) is 72.2 Å². The Hall–Kier alpha value is -2.17. The average molecular weight is 220 g/mol. The molecule has 2 rings (SSSR count). The third-order valence-corrected chi connectivity index (χ3v) is 2.27.